The standard InChI is InChI=1S/C16H13F3N2O3/c17-12-5-4-11(13(18)14(12)19)16(24)21-7-6-20-15(23)9-2-1-3-10(22)8-9/h1-5,8,22H,6-7H2,(H,20,23)(H,21,24). The molecule has 2 aromatic rings. The van der Waals surface area contributed by atoms with Crippen LogP contribution in [-0.2, 0) is 0 Å². The van der Waals surface area contributed by atoms with E-state index in [4.69, 9.17) is 0 Å². The minimum atomic E-state index is -1.72. The minimum Gasteiger partial charge on any atom is -0.508 e. The van der Waals surface area contributed by atoms with Crippen LogP contribution in [0.25, 0.3) is 0 Å². The van der Waals surface area contributed by atoms with Crippen LogP contribution in [0.5, 0.6) is 5.75 Å². The summed E-state index contributed by atoms with van der Waals surface area (Å²) in [5, 5.41) is 14.0. The van der Waals surface area contributed by atoms with Gasteiger partial charge in [0.05, 0.1) is 5.56 Å². The molecule has 2 amide bonds. The first-order valence-electron chi connectivity index (χ1n) is 6.89. The molecule has 0 radical (unpaired) electrons. The highest BCUT2D eigenvalue weighted by Gasteiger charge is 2.18. The summed E-state index contributed by atoms with van der Waals surface area (Å²) >= 11 is 0. The van der Waals surface area contributed by atoms with Crippen molar-refractivity contribution in [2.24, 2.45) is 0 Å². The first-order chi connectivity index (χ1) is 11.4. The molecule has 2 aromatic carbocycles. The second-order valence-electron chi connectivity index (χ2n) is 4.79. The number of benzene rings is 2. The average molecular weight is 338 g/mol. The van der Waals surface area contributed by atoms with Crippen LogP contribution in [0.3, 0.4) is 0 Å². The highest BCUT2D eigenvalue weighted by molar-refractivity contribution is 5.95. The zero-order valence-corrected chi connectivity index (χ0v) is 12.3. The van der Waals surface area contributed by atoms with E-state index in [2.05, 4.69) is 10.6 Å². The lowest BCUT2D eigenvalue weighted by Gasteiger charge is -2.08. The number of hydrogen-bond acceptors (Lipinski definition) is 3. The molecule has 0 aliphatic carbocycles. The number of hydrogen-bond donors (Lipinski definition) is 3. The van der Waals surface area contributed by atoms with Gasteiger partial charge in [-0.05, 0) is 30.3 Å². The smallest absolute Gasteiger partial charge is 0.254 e. The average Bonchev–Trinajstić information content (AvgIpc) is 2.56. The Morgan fingerprint density at radius 2 is 1.58 bits per heavy atom. The van der Waals surface area contributed by atoms with Crippen molar-refractivity contribution >= 4 is 11.8 Å². The summed E-state index contributed by atoms with van der Waals surface area (Å²) in [7, 11) is 0. The summed E-state index contributed by atoms with van der Waals surface area (Å²) in [5.41, 5.74) is -0.402. The van der Waals surface area contributed by atoms with Crippen molar-refractivity contribution < 1.29 is 27.9 Å². The van der Waals surface area contributed by atoms with Crippen LogP contribution in [0.4, 0.5) is 13.2 Å². The van der Waals surface area contributed by atoms with Crippen molar-refractivity contribution in [2.45, 2.75) is 0 Å². The molecule has 0 saturated carbocycles. The lowest BCUT2D eigenvalue weighted by atomic mass is 10.2. The number of phenolic OH excluding ortho intramolecular Hbond substituents is 1. The predicted molar refractivity (Wildman–Crippen MR) is 79.1 cm³/mol. The van der Waals surface area contributed by atoms with E-state index in [1.165, 1.54) is 24.3 Å². The number of amides is 2. The Balaban J connectivity index is 1.85. The molecule has 0 bridgehead atoms. The van der Waals surface area contributed by atoms with E-state index in [-0.39, 0.29) is 24.4 Å². The topological polar surface area (TPSA) is 78.4 Å². The van der Waals surface area contributed by atoms with Crippen LogP contribution in [0.2, 0.25) is 0 Å². The van der Waals surface area contributed by atoms with Gasteiger partial charge < -0.3 is 15.7 Å². The van der Waals surface area contributed by atoms with Crippen LogP contribution >= 0.6 is 0 Å². The first-order valence-corrected chi connectivity index (χ1v) is 6.89. The monoisotopic (exact) mass is 338 g/mol. The largest absolute Gasteiger partial charge is 0.508 e. The van der Waals surface area contributed by atoms with Crippen LogP contribution in [0.15, 0.2) is 36.4 Å². The van der Waals surface area contributed by atoms with E-state index in [1.54, 1.807) is 0 Å². The second kappa shape index (κ2) is 7.49. The fourth-order valence-electron chi connectivity index (χ4n) is 1.90. The van der Waals surface area contributed by atoms with Gasteiger partial charge in [0.2, 0.25) is 0 Å². The van der Waals surface area contributed by atoms with Crippen molar-refractivity contribution in [3.8, 4) is 5.75 Å². The molecule has 0 atom stereocenters. The van der Waals surface area contributed by atoms with Crippen LogP contribution in [-0.4, -0.2) is 30.0 Å². The third-order valence-electron chi connectivity index (χ3n) is 3.08. The molecule has 126 valence electrons. The van der Waals surface area contributed by atoms with Gasteiger partial charge in [0, 0.05) is 18.7 Å². The quantitative estimate of drug-likeness (QED) is 0.576. The normalized spacial score (nSPS) is 10.3. The van der Waals surface area contributed by atoms with Gasteiger partial charge in [-0.1, -0.05) is 6.07 Å². The van der Waals surface area contributed by atoms with Crippen molar-refractivity contribution in [3.63, 3.8) is 0 Å². The SMILES string of the molecule is O=C(NCCNC(=O)c1ccc(F)c(F)c1F)c1cccc(O)c1. The Labute approximate surface area is 135 Å². The maximum atomic E-state index is 13.4. The molecule has 0 heterocycles. The fourth-order valence-corrected chi connectivity index (χ4v) is 1.90. The fraction of sp³-hybridized carbons (Fsp3) is 0.125. The molecular weight excluding hydrogens is 325 g/mol. The Morgan fingerprint density at radius 3 is 2.25 bits per heavy atom. The van der Waals surface area contributed by atoms with E-state index in [0.29, 0.717) is 6.07 Å². The molecule has 8 heteroatoms. The van der Waals surface area contributed by atoms with Gasteiger partial charge in [0.15, 0.2) is 17.5 Å². The molecule has 0 aromatic heterocycles. The molecule has 0 aliphatic rings. The molecule has 2 rings (SSSR count). The van der Waals surface area contributed by atoms with Gasteiger partial charge in [-0.2, -0.15) is 0 Å². The van der Waals surface area contributed by atoms with Crippen LogP contribution in [0.1, 0.15) is 20.7 Å². The summed E-state index contributed by atoms with van der Waals surface area (Å²) in [5.74, 6) is -6.15. The summed E-state index contributed by atoms with van der Waals surface area (Å²) in [6.07, 6.45) is 0. The highest BCUT2D eigenvalue weighted by atomic mass is 19.2. The predicted octanol–water partition coefficient (Wildman–Crippen LogP) is 1.97. The number of nitrogens with one attached hydrogen (secondary N) is 2. The van der Waals surface area contributed by atoms with E-state index in [0.717, 1.165) is 6.07 Å². The molecular formula is C16H13F3N2O3. The van der Waals surface area contributed by atoms with E-state index in [1.807, 2.05) is 0 Å². The number of halogens is 3. The molecule has 0 unspecified atom stereocenters. The van der Waals surface area contributed by atoms with Crippen molar-refractivity contribution in [2.75, 3.05) is 13.1 Å². The lowest BCUT2D eigenvalue weighted by Crippen LogP contribution is -2.35. The van der Waals surface area contributed by atoms with Gasteiger partial charge in [-0.15, -0.1) is 0 Å². The number of rotatable bonds is 5. The molecule has 0 aliphatic heterocycles. The van der Waals surface area contributed by atoms with E-state index in [9.17, 15) is 27.9 Å². The number of phenols is 1. The van der Waals surface area contributed by atoms with Gasteiger partial charge >= 0.3 is 0 Å². The van der Waals surface area contributed by atoms with Crippen LogP contribution in [0, 0.1) is 17.5 Å². The Kier molecular flexibility index (Phi) is 5.41. The third-order valence-corrected chi connectivity index (χ3v) is 3.08. The molecule has 5 nitrogen and oxygen atoms in total. The Morgan fingerprint density at radius 1 is 0.917 bits per heavy atom. The number of carbonyl (C=O) groups excluding carboxylic acids is 2. The Bertz CT molecular complexity index is 781. The van der Waals surface area contributed by atoms with Gasteiger partial charge in [0.25, 0.3) is 11.8 Å². The maximum absolute atomic E-state index is 13.4. The first kappa shape index (κ1) is 17.3. The molecule has 24 heavy (non-hydrogen) atoms. The van der Waals surface area contributed by atoms with Crippen molar-refractivity contribution in [3.05, 3.63) is 65.0 Å². The highest BCUT2D eigenvalue weighted by Crippen LogP contribution is 2.15. The number of aromatic hydroxyl groups is 1. The summed E-state index contributed by atoms with van der Waals surface area (Å²) in [6, 6.07) is 7.14. The van der Waals surface area contributed by atoms with Gasteiger partial charge in [-0.3, -0.25) is 9.59 Å². The molecule has 0 saturated heterocycles. The van der Waals surface area contributed by atoms with Crippen LogP contribution < -0.4 is 10.6 Å². The summed E-state index contributed by atoms with van der Waals surface area (Å²) in [4.78, 5) is 23.5. The maximum Gasteiger partial charge on any atom is 0.254 e. The molecule has 0 spiro atoms. The van der Waals surface area contributed by atoms with Gasteiger partial charge in [-0.25, -0.2) is 13.2 Å². The second-order valence-corrected chi connectivity index (χ2v) is 4.79. The van der Waals surface area contributed by atoms with Crippen molar-refractivity contribution in [1.82, 2.24) is 10.6 Å². The zero-order valence-electron chi connectivity index (χ0n) is 12.3. The Hall–Kier alpha value is -3.03. The van der Waals surface area contributed by atoms with Crippen molar-refractivity contribution in [1.29, 1.82) is 0 Å². The minimum absolute atomic E-state index is 0.0194. The lowest BCUT2D eigenvalue weighted by molar-refractivity contribution is 0.0924. The number of carbonyl (C=O) groups is 2. The molecule has 3 N–H and O–H groups in total. The van der Waals surface area contributed by atoms with Gasteiger partial charge in [0.1, 0.15) is 5.75 Å². The van der Waals surface area contributed by atoms with E-state index >= 15 is 0 Å². The summed E-state index contributed by atoms with van der Waals surface area (Å²) in [6.45, 7) is -0.0344. The van der Waals surface area contributed by atoms with E-state index < -0.39 is 34.8 Å². The third kappa shape index (κ3) is 4.03. The zero-order chi connectivity index (χ0) is 17.7. The summed E-state index contributed by atoms with van der Waals surface area (Å²) < 4.78 is 39.3. The molecule has 0 fully saturated rings.